The number of piperidine rings is 2. The number of ether oxygens (including phenoxy) is 2. The molecule has 2 saturated heterocycles. The maximum absolute atomic E-state index is 10.4. The van der Waals surface area contributed by atoms with Gasteiger partial charge in [-0.3, -0.25) is 0 Å². The number of phenolic OH excluding ortho intramolecular Hbond substituents is 2. The number of likely N-dealkylation sites (tertiary alicyclic amines) is 2. The van der Waals surface area contributed by atoms with Crippen molar-refractivity contribution < 1.29 is 29.9 Å². The summed E-state index contributed by atoms with van der Waals surface area (Å²) in [6.07, 6.45) is 10.4. The smallest absolute Gasteiger partial charge is 0.165 e. The molecule has 10 atom stereocenters. The number of hydrogen-bond donors (Lipinski definition) is 4. The number of aliphatic hydroxyl groups is 2. The van der Waals surface area contributed by atoms with Crippen LogP contribution in [0.3, 0.4) is 0 Å². The van der Waals surface area contributed by atoms with E-state index in [2.05, 4.69) is 36.0 Å². The van der Waals surface area contributed by atoms with Crippen molar-refractivity contribution in [3.8, 4) is 23.0 Å². The number of hydrogen-bond acceptors (Lipinski definition) is 8. The fourth-order valence-corrected chi connectivity index (χ4v) is 10.5. The van der Waals surface area contributed by atoms with Crippen molar-refractivity contribution in [1.29, 1.82) is 0 Å². The SMILES string of the molecule is CN1CC[C@]23c4c5ccc(O)c4O[C@H]2[C@@H](O)C=C[C@H]3[C@H]1C5.CN1CC[C@]23c4c5ccc(O)c4O[C@H]2[C@@H](O)C=C[C@H]3[C@H]1C5.S.S.S.S. The van der Waals surface area contributed by atoms with Gasteiger partial charge in [0.2, 0.25) is 0 Å². The zero-order valence-electron chi connectivity index (χ0n) is 26.0. The maximum atomic E-state index is 10.4. The van der Waals surface area contributed by atoms with E-state index >= 15 is 0 Å². The van der Waals surface area contributed by atoms with E-state index < -0.39 is 12.2 Å². The third-order valence-corrected chi connectivity index (χ3v) is 12.3. The van der Waals surface area contributed by atoms with Crippen LogP contribution in [-0.4, -0.2) is 93.9 Å². The second-order valence-corrected chi connectivity index (χ2v) is 13.9. The molecule has 46 heavy (non-hydrogen) atoms. The van der Waals surface area contributed by atoms with Crippen LogP contribution in [0.5, 0.6) is 23.0 Å². The first-order chi connectivity index (χ1) is 20.3. The third-order valence-electron chi connectivity index (χ3n) is 12.3. The summed E-state index contributed by atoms with van der Waals surface area (Å²) in [5.41, 5.74) is 4.58. The standard InChI is InChI=1S/2C17H19NO3.4H2S/c2*1-18-7-6-17-10-3-5-13(20)16(17)21-15-12(19)4-2-9(14(15)17)8-11(10)18;;;;/h2*2-5,10-11,13,16,19-20H,6-8H2,1H3;4*1H2/t2*10-,11+,13-,16-,17-;;;;/m00..../s1. The molecule has 4 N–H and O–H groups in total. The van der Waals surface area contributed by atoms with Crippen LogP contribution in [-0.2, 0) is 23.7 Å². The van der Waals surface area contributed by atoms with Gasteiger partial charge in [0, 0.05) is 45.9 Å². The Bertz CT molecular complexity index is 1480. The summed E-state index contributed by atoms with van der Waals surface area (Å²) in [7, 11) is 4.38. The summed E-state index contributed by atoms with van der Waals surface area (Å²) in [5.74, 6) is 2.38. The van der Waals surface area contributed by atoms with Crippen molar-refractivity contribution in [2.75, 3.05) is 27.2 Å². The fraction of sp³-hybridized carbons (Fsp3) is 0.529. The molecule has 8 nitrogen and oxygen atoms in total. The van der Waals surface area contributed by atoms with Gasteiger partial charge in [-0.05, 0) is 76.1 Å². The molecule has 0 aromatic heterocycles. The molecule has 2 fully saturated rings. The second kappa shape index (κ2) is 12.0. The topological polar surface area (TPSA) is 106 Å². The Kier molecular flexibility index (Phi) is 9.34. The summed E-state index contributed by atoms with van der Waals surface area (Å²) in [4.78, 5) is 4.87. The number of benzene rings is 2. The van der Waals surface area contributed by atoms with E-state index in [4.69, 9.17) is 9.47 Å². The lowest BCUT2D eigenvalue weighted by Crippen LogP contribution is -2.64. The minimum absolute atomic E-state index is 0. The van der Waals surface area contributed by atoms with Gasteiger partial charge in [0.1, 0.15) is 24.4 Å². The molecule has 0 saturated carbocycles. The number of aliphatic hydroxyl groups excluding tert-OH is 2. The number of phenols is 2. The molecule has 4 bridgehead atoms. The lowest BCUT2D eigenvalue weighted by molar-refractivity contribution is -0.0453. The van der Waals surface area contributed by atoms with Crippen molar-refractivity contribution in [2.45, 2.75) is 73.0 Å². The zero-order chi connectivity index (χ0) is 28.7. The molecule has 4 aliphatic carbocycles. The Morgan fingerprint density at radius 2 is 1.02 bits per heavy atom. The summed E-state index contributed by atoms with van der Waals surface area (Å²) in [5, 5.41) is 41.3. The molecule has 10 rings (SSSR count). The summed E-state index contributed by atoms with van der Waals surface area (Å²) in [6, 6.07) is 8.45. The highest BCUT2D eigenvalue weighted by molar-refractivity contribution is 7.59. The van der Waals surface area contributed by atoms with Crippen LogP contribution < -0.4 is 9.47 Å². The second-order valence-electron chi connectivity index (χ2n) is 13.9. The van der Waals surface area contributed by atoms with Gasteiger partial charge < -0.3 is 39.7 Å². The number of nitrogens with zero attached hydrogens (tertiary/aromatic N) is 2. The lowest BCUT2D eigenvalue weighted by atomic mass is 9.53. The number of rotatable bonds is 0. The molecule has 252 valence electrons. The van der Waals surface area contributed by atoms with Crippen LogP contribution in [0.25, 0.3) is 0 Å². The molecule has 4 aliphatic heterocycles. The van der Waals surface area contributed by atoms with E-state index in [-0.39, 0.29) is 88.5 Å². The van der Waals surface area contributed by atoms with E-state index in [0.717, 1.165) is 38.8 Å². The highest BCUT2D eigenvalue weighted by Gasteiger charge is 2.65. The normalized spacial score (nSPS) is 38.9. The molecule has 2 aromatic carbocycles. The molecular weight excluding hydrogens is 661 g/mol. The molecule has 2 spiro atoms. The molecule has 0 radical (unpaired) electrons. The van der Waals surface area contributed by atoms with Gasteiger partial charge in [0.05, 0.1) is 0 Å². The molecular formula is C34H46N2O6S4. The first-order valence-electron chi connectivity index (χ1n) is 15.4. The Balaban J connectivity index is 0.000000167. The Hall–Kier alpha value is -1.64. The minimum atomic E-state index is -0.594. The zero-order valence-corrected chi connectivity index (χ0v) is 30.0. The van der Waals surface area contributed by atoms with Gasteiger partial charge in [0.25, 0.3) is 0 Å². The predicted molar refractivity (Wildman–Crippen MR) is 197 cm³/mol. The average molecular weight is 707 g/mol. The Morgan fingerprint density at radius 1 is 0.630 bits per heavy atom. The first-order valence-corrected chi connectivity index (χ1v) is 15.4. The highest BCUT2D eigenvalue weighted by Crippen LogP contribution is 2.63. The minimum Gasteiger partial charge on any atom is -0.504 e. The van der Waals surface area contributed by atoms with Gasteiger partial charge in [-0.25, -0.2) is 0 Å². The average Bonchev–Trinajstić information content (AvgIpc) is 3.52. The van der Waals surface area contributed by atoms with Gasteiger partial charge >= 0.3 is 0 Å². The summed E-state index contributed by atoms with van der Waals surface area (Å²) < 4.78 is 12.2. The Morgan fingerprint density at radius 3 is 1.41 bits per heavy atom. The van der Waals surface area contributed by atoms with Gasteiger partial charge in [-0.15, -0.1) is 0 Å². The molecule has 12 heteroatoms. The molecule has 2 aromatic rings. The van der Waals surface area contributed by atoms with Crippen molar-refractivity contribution in [1.82, 2.24) is 9.80 Å². The predicted octanol–water partition coefficient (Wildman–Crippen LogP) is 2.85. The van der Waals surface area contributed by atoms with E-state index in [1.165, 1.54) is 22.3 Å². The largest absolute Gasteiger partial charge is 0.504 e. The molecule has 0 unspecified atom stereocenters. The lowest BCUT2D eigenvalue weighted by Gasteiger charge is -2.56. The molecule has 4 heterocycles. The van der Waals surface area contributed by atoms with Crippen LogP contribution >= 0.6 is 54.0 Å². The van der Waals surface area contributed by atoms with Crippen LogP contribution in [0.2, 0.25) is 0 Å². The number of aromatic hydroxyl groups is 2. The first kappa shape index (κ1) is 35.7. The third kappa shape index (κ3) is 4.26. The van der Waals surface area contributed by atoms with Crippen molar-refractivity contribution in [2.24, 2.45) is 11.8 Å². The van der Waals surface area contributed by atoms with Crippen LogP contribution in [0.15, 0.2) is 48.6 Å². The maximum Gasteiger partial charge on any atom is 0.165 e. The quantitative estimate of drug-likeness (QED) is 0.311. The van der Waals surface area contributed by atoms with Crippen molar-refractivity contribution in [3.63, 3.8) is 0 Å². The van der Waals surface area contributed by atoms with E-state index in [1.807, 2.05) is 24.3 Å². The van der Waals surface area contributed by atoms with Crippen LogP contribution in [0.1, 0.15) is 35.1 Å². The van der Waals surface area contributed by atoms with Gasteiger partial charge in [-0.1, -0.05) is 36.4 Å². The summed E-state index contributed by atoms with van der Waals surface area (Å²) >= 11 is 0. The molecule has 8 aliphatic rings. The monoisotopic (exact) mass is 706 g/mol. The van der Waals surface area contributed by atoms with E-state index in [1.54, 1.807) is 12.1 Å². The van der Waals surface area contributed by atoms with Crippen molar-refractivity contribution in [3.05, 3.63) is 70.8 Å². The summed E-state index contributed by atoms with van der Waals surface area (Å²) in [6.45, 7) is 2.02. The molecule has 0 amide bonds. The highest BCUT2D eigenvalue weighted by atomic mass is 32.1. The fourth-order valence-electron chi connectivity index (χ4n) is 10.5. The van der Waals surface area contributed by atoms with E-state index in [9.17, 15) is 20.4 Å². The van der Waals surface area contributed by atoms with Gasteiger partial charge in [0.15, 0.2) is 23.0 Å². The van der Waals surface area contributed by atoms with Crippen molar-refractivity contribution >= 4 is 54.0 Å². The van der Waals surface area contributed by atoms with Gasteiger partial charge in [-0.2, -0.15) is 54.0 Å². The van der Waals surface area contributed by atoms with Crippen LogP contribution in [0.4, 0.5) is 0 Å². The Labute approximate surface area is 298 Å². The number of likely N-dealkylation sites (N-methyl/N-ethyl adjacent to an activating group) is 2. The van der Waals surface area contributed by atoms with Crippen LogP contribution in [0, 0.1) is 11.8 Å². The van der Waals surface area contributed by atoms with E-state index in [0.29, 0.717) is 35.4 Å².